The Morgan fingerprint density at radius 2 is 2.30 bits per heavy atom. The van der Waals surface area contributed by atoms with Crippen molar-refractivity contribution in [2.24, 2.45) is 0 Å². The molecule has 2 amide bonds. The maximum atomic E-state index is 12.2. The van der Waals surface area contributed by atoms with E-state index in [1.165, 1.54) is 0 Å². The highest BCUT2D eigenvalue weighted by atomic mass is 35.5. The average molecular weight is 335 g/mol. The van der Waals surface area contributed by atoms with Crippen LogP contribution in [0, 0.1) is 0 Å². The van der Waals surface area contributed by atoms with E-state index in [1.807, 2.05) is 6.07 Å². The summed E-state index contributed by atoms with van der Waals surface area (Å²) in [6.45, 7) is 0.348. The average Bonchev–Trinajstić information content (AvgIpc) is 3.03. The smallest absolute Gasteiger partial charge is 0.315 e. The predicted molar refractivity (Wildman–Crippen MR) is 87.8 cm³/mol. The molecule has 0 aliphatic heterocycles. The summed E-state index contributed by atoms with van der Waals surface area (Å²) >= 11 is 5.99. The first kappa shape index (κ1) is 15.7. The molecule has 0 fully saturated rings. The molecule has 0 saturated carbocycles. The number of methoxy groups -OCH3 is 1. The highest BCUT2D eigenvalue weighted by Gasteiger charge is 2.23. The van der Waals surface area contributed by atoms with Gasteiger partial charge in [0.05, 0.1) is 19.4 Å². The van der Waals surface area contributed by atoms with Crippen molar-refractivity contribution in [2.45, 2.75) is 31.8 Å². The number of furan rings is 1. The fourth-order valence-electron chi connectivity index (χ4n) is 2.91. The van der Waals surface area contributed by atoms with E-state index in [9.17, 15) is 4.79 Å². The van der Waals surface area contributed by atoms with Crippen LogP contribution in [0.3, 0.4) is 0 Å². The number of hydrogen-bond acceptors (Lipinski definition) is 3. The van der Waals surface area contributed by atoms with Crippen LogP contribution in [0.2, 0.25) is 5.02 Å². The number of benzene rings is 1. The van der Waals surface area contributed by atoms with Crippen LogP contribution < -0.4 is 15.4 Å². The topological polar surface area (TPSA) is 63.5 Å². The molecule has 3 rings (SSSR count). The molecule has 2 N–H and O–H groups in total. The number of ether oxygens (including phenoxy) is 1. The molecular formula is C17H19ClN2O3. The zero-order valence-corrected chi connectivity index (χ0v) is 13.7. The number of amides is 2. The molecule has 0 radical (unpaired) electrons. The fraction of sp³-hybridized carbons (Fsp3) is 0.353. The number of nitrogens with one attached hydrogen (secondary N) is 2. The Labute approximate surface area is 140 Å². The highest BCUT2D eigenvalue weighted by molar-refractivity contribution is 6.30. The van der Waals surface area contributed by atoms with Crippen molar-refractivity contribution in [2.75, 3.05) is 7.11 Å². The fourth-order valence-corrected chi connectivity index (χ4v) is 3.10. The quantitative estimate of drug-likeness (QED) is 0.893. The lowest BCUT2D eigenvalue weighted by Gasteiger charge is -2.23. The number of rotatable bonds is 4. The Kier molecular flexibility index (Phi) is 4.76. The summed E-state index contributed by atoms with van der Waals surface area (Å²) < 4.78 is 10.7. The third kappa shape index (κ3) is 3.62. The second kappa shape index (κ2) is 6.96. The van der Waals surface area contributed by atoms with Crippen LogP contribution in [0.5, 0.6) is 5.75 Å². The van der Waals surface area contributed by atoms with Crippen LogP contribution in [0.25, 0.3) is 0 Å². The minimum Gasteiger partial charge on any atom is -0.496 e. The predicted octanol–water partition coefficient (Wildman–Crippen LogP) is 3.82. The standard InChI is InChI=1S/C17H19ClN2O3/c1-22-15-6-5-12(18)9-11(15)10-19-17(21)20-14-3-2-4-16-13(14)7-8-23-16/h5-9,14H,2-4,10H2,1H3,(H2,19,20,21). The van der Waals surface area contributed by atoms with E-state index in [0.717, 1.165) is 36.1 Å². The van der Waals surface area contributed by atoms with Gasteiger partial charge in [-0.05, 0) is 37.1 Å². The molecule has 0 bridgehead atoms. The molecular weight excluding hydrogens is 316 g/mol. The molecule has 1 aromatic carbocycles. The van der Waals surface area contributed by atoms with Gasteiger partial charge in [0, 0.05) is 29.1 Å². The van der Waals surface area contributed by atoms with Crippen LogP contribution in [0.15, 0.2) is 34.9 Å². The van der Waals surface area contributed by atoms with E-state index >= 15 is 0 Å². The number of fused-ring (bicyclic) bond motifs is 1. The number of halogens is 1. The first-order valence-corrected chi connectivity index (χ1v) is 7.98. The van der Waals surface area contributed by atoms with Gasteiger partial charge in [-0.15, -0.1) is 0 Å². The van der Waals surface area contributed by atoms with Crippen LogP contribution in [-0.4, -0.2) is 13.1 Å². The molecule has 1 unspecified atom stereocenters. The van der Waals surface area contributed by atoms with Crippen molar-refractivity contribution < 1.29 is 13.9 Å². The minimum atomic E-state index is -0.217. The minimum absolute atomic E-state index is 0.00115. The van der Waals surface area contributed by atoms with E-state index in [2.05, 4.69) is 10.6 Å². The summed E-state index contributed by atoms with van der Waals surface area (Å²) in [6.07, 6.45) is 4.54. The van der Waals surface area contributed by atoms with Crippen LogP contribution >= 0.6 is 11.6 Å². The Balaban J connectivity index is 1.60. The second-order valence-electron chi connectivity index (χ2n) is 5.53. The van der Waals surface area contributed by atoms with E-state index < -0.39 is 0 Å². The molecule has 1 aliphatic rings. The zero-order valence-electron chi connectivity index (χ0n) is 12.9. The molecule has 2 aromatic rings. The third-order valence-electron chi connectivity index (χ3n) is 4.04. The molecule has 1 aromatic heterocycles. The zero-order chi connectivity index (χ0) is 16.2. The highest BCUT2D eigenvalue weighted by Crippen LogP contribution is 2.30. The number of urea groups is 1. The van der Waals surface area contributed by atoms with Crippen LogP contribution in [-0.2, 0) is 13.0 Å². The van der Waals surface area contributed by atoms with Gasteiger partial charge in [-0.3, -0.25) is 0 Å². The van der Waals surface area contributed by atoms with Crippen molar-refractivity contribution in [3.8, 4) is 5.75 Å². The monoisotopic (exact) mass is 334 g/mol. The Hall–Kier alpha value is -2.14. The van der Waals surface area contributed by atoms with Gasteiger partial charge < -0.3 is 19.8 Å². The van der Waals surface area contributed by atoms with E-state index in [4.69, 9.17) is 20.8 Å². The maximum absolute atomic E-state index is 12.2. The summed E-state index contributed by atoms with van der Waals surface area (Å²) in [6, 6.07) is 7.04. The second-order valence-corrected chi connectivity index (χ2v) is 5.96. The van der Waals surface area contributed by atoms with Gasteiger partial charge in [-0.1, -0.05) is 11.6 Å². The van der Waals surface area contributed by atoms with Gasteiger partial charge >= 0.3 is 6.03 Å². The molecule has 1 atom stereocenters. The lowest BCUT2D eigenvalue weighted by atomic mass is 9.93. The molecule has 122 valence electrons. The van der Waals surface area contributed by atoms with Crippen molar-refractivity contribution in [1.29, 1.82) is 0 Å². The molecule has 1 heterocycles. The van der Waals surface area contributed by atoms with Crippen LogP contribution in [0.4, 0.5) is 4.79 Å². The summed E-state index contributed by atoms with van der Waals surface area (Å²) in [4.78, 5) is 12.2. The maximum Gasteiger partial charge on any atom is 0.315 e. The number of aryl methyl sites for hydroxylation is 1. The van der Waals surface area contributed by atoms with Gasteiger partial charge in [0.2, 0.25) is 0 Å². The first-order chi connectivity index (χ1) is 11.2. The molecule has 6 heteroatoms. The van der Waals surface area contributed by atoms with Gasteiger partial charge in [-0.25, -0.2) is 4.79 Å². The Bertz CT molecular complexity index is 699. The molecule has 1 aliphatic carbocycles. The van der Waals surface area contributed by atoms with E-state index in [1.54, 1.807) is 31.6 Å². The van der Waals surface area contributed by atoms with Crippen LogP contribution in [0.1, 0.15) is 35.8 Å². The Morgan fingerprint density at radius 1 is 1.43 bits per heavy atom. The van der Waals surface area contributed by atoms with Crippen molar-refractivity contribution in [1.82, 2.24) is 10.6 Å². The van der Waals surface area contributed by atoms with E-state index in [0.29, 0.717) is 17.3 Å². The molecule has 0 spiro atoms. The van der Waals surface area contributed by atoms with Crippen molar-refractivity contribution in [3.05, 3.63) is 52.4 Å². The number of carbonyl (C=O) groups is 1. The summed E-state index contributed by atoms with van der Waals surface area (Å²) in [5.41, 5.74) is 1.91. The van der Waals surface area contributed by atoms with Gasteiger partial charge in [0.15, 0.2) is 0 Å². The Morgan fingerprint density at radius 3 is 3.13 bits per heavy atom. The van der Waals surface area contributed by atoms with E-state index in [-0.39, 0.29) is 12.1 Å². The van der Waals surface area contributed by atoms with Crippen molar-refractivity contribution in [3.63, 3.8) is 0 Å². The van der Waals surface area contributed by atoms with Gasteiger partial charge in [0.25, 0.3) is 0 Å². The number of carbonyl (C=O) groups excluding carboxylic acids is 1. The third-order valence-corrected chi connectivity index (χ3v) is 4.27. The lowest BCUT2D eigenvalue weighted by Crippen LogP contribution is -2.38. The first-order valence-electron chi connectivity index (χ1n) is 7.60. The lowest BCUT2D eigenvalue weighted by molar-refractivity contribution is 0.234. The largest absolute Gasteiger partial charge is 0.496 e. The SMILES string of the molecule is COc1ccc(Cl)cc1CNC(=O)NC1CCCc2occc21. The molecule has 0 saturated heterocycles. The van der Waals surface area contributed by atoms with Crippen molar-refractivity contribution >= 4 is 17.6 Å². The van der Waals surface area contributed by atoms with Gasteiger partial charge in [-0.2, -0.15) is 0 Å². The molecule has 5 nitrogen and oxygen atoms in total. The van der Waals surface area contributed by atoms with Gasteiger partial charge in [0.1, 0.15) is 11.5 Å². The summed E-state index contributed by atoms with van der Waals surface area (Å²) in [5, 5.41) is 6.46. The normalized spacial score (nSPS) is 16.5. The summed E-state index contributed by atoms with van der Waals surface area (Å²) in [7, 11) is 1.59. The summed E-state index contributed by atoms with van der Waals surface area (Å²) in [5.74, 6) is 1.67. The number of hydrogen-bond donors (Lipinski definition) is 2. The molecule has 23 heavy (non-hydrogen) atoms.